The number of hydrogen-bond acceptors (Lipinski definition) is 3. The first kappa shape index (κ1) is 43.5. The Morgan fingerprint density at radius 2 is 0.628 bits per heavy atom. The van der Waals surface area contributed by atoms with Crippen molar-refractivity contribution >= 4 is 23.2 Å². The van der Waals surface area contributed by atoms with Crippen LogP contribution in [0.2, 0.25) is 0 Å². The molecule has 0 aliphatic heterocycles. The molecule has 0 spiro atoms. The number of methoxy groups -OCH3 is 2. The maximum absolute atomic E-state index is 6.25. The third-order valence-corrected chi connectivity index (χ3v) is 9.74. The van der Waals surface area contributed by atoms with Gasteiger partial charge in [0.15, 0.2) is 12.6 Å². The molecule has 0 amide bonds. The van der Waals surface area contributed by atoms with E-state index in [0.29, 0.717) is 11.8 Å². The van der Waals surface area contributed by atoms with Gasteiger partial charge in [-0.25, -0.2) is 0 Å². The van der Waals surface area contributed by atoms with E-state index in [1.165, 1.54) is 51.4 Å². The average Bonchev–Trinajstić information content (AvgIpc) is 2.85. The van der Waals surface area contributed by atoms with Crippen LogP contribution in [-0.2, 0) is 14.2 Å². The summed E-state index contributed by atoms with van der Waals surface area (Å²) < 4.78 is 17.7. The lowest BCUT2D eigenvalue weighted by molar-refractivity contribution is -0.233. The lowest BCUT2D eigenvalue weighted by Crippen LogP contribution is -2.25. The first-order chi connectivity index (χ1) is 20.1. The number of alkyl halides is 2. The summed E-state index contributed by atoms with van der Waals surface area (Å²) in [6.45, 7) is 23.4. The van der Waals surface area contributed by atoms with Crippen LogP contribution < -0.4 is 0 Å². The van der Waals surface area contributed by atoms with E-state index in [4.69, 9.17) is 37.4 Å². The van der Waals surface area contributed by atoms with Crippen LogP contribution in [0.1, 0.15) is 159 Å². The summed E-state index contributed by atoms with van der Waals surface area (Å²) in [6.07, 6.45) is 16.2. The van der Waals surface area contributed by atoms with E-state index in [-0.39, 0.29) is 23.3 Å². The van der Waals surface area contributed by atoms with Crippen LogP contribution in [0.15, 0.2) is 0 Å². The van der Waals surface area contributed by atoms with E-state index < -0.39 is 0 Å². The first-order valence-corrected chi connectivity index (χ1v) is 19.0. The molecule has 0 bridgehead atoms. The molecule has 0 heterocycles. The van der Waals surface area contributed by atoms with Crippen molar-refractivity contribution in [1.29, 1.82) is 0 Å². The lowest BCUT2D eigenvalue weighted by atomic mass is 9.83. The van der Waals surface area contributed by atoms with Gasteiger partial charge in [0.05, 0.1) is 0 Å². The predicted molar refractivity (Wildman–Crippen MR) is 191 cm³/mol. The number of hydrogen-bond donors (Lipinski definition) is 0. The lowest BCUT2D eigenvalue weighted by Gasteiger charge is -2.25. The van der Waals surface area contributed by atoms with Gasteiger partial charge >= 0.3 is 0 Å². The third-order valence-electron chi connectivity index (χ3n) is 9.39. The highest BCUT2D eigenvalue weighted by molar-refractivity contribution is 6.20. The molecule has 0 N–H and O–H groups in total. The molecule has 43 heavy (non-hydrogen) atoms. The summed E-state index contributed by atoms with van der Waals surface area (Å²) in [5.74, 6) is 5.94. The van der Waals surface area contributed by atoms with Gasteiger partial charge < -0.3 is 14.2 Å². The fourth-order valence-corrected chi connectivity index (χ4v) is 8.57. The Balaban J connectivity index is 4.28. The molecule has 0 aliphatic carbocycles. The van der Waals surface area contributed by atoms with Gasteiger partial charge in [-0.15, -0.1) is 23.2 Å². The second-order valence-electron chi connectivity index (χ2n) is 15.6. The van der Waals surface area contributed by atoms with E-state index in [2.05, 4.69) is 69.2 Å². The van der Waals surface area contributed by atoms with Gasteiger partial charge in [-0.1, -0.05) is 68.2 Å². The Bertz CT molecular complexity index is 578. The van der Waals surface area contributed by atoms with Crippen molar-refractivity contribution in [2.75, 3.05) is 14.2 Å². The molecule has 0 saturated carbocycles. The fourth-order valence-electron chi connectivity index (χ4n) is 7.96. The third kappa shape index (κ3) is 25.3. The number of ether oxygens (including phenoxy) is 3. The van der Waals surface area contributed by atoms with E-state index in [9.17, 15) is 0 Å². The number of halogens is 2. The van der Waals surface area contributed by atoms with Gasteiger partial charge in [-0.2, -0.15) is 0 Å². The SMILES string of the molecule is COC(CCCC(C)CC(C)CC(C)CC(C)CC(C)Cl)OC(CCCC(C)CC(C)CC(C)CC(C)CC(C)Cl)OC. The molecule has 0 aromatic heterocycles. The Labute approximate surface area is 280 Å². The fraction of sp³-hybridized carbons (Fsp3) is 1.00. The molecule has 12 unspecified atom stereocenters. The Hall–Kier alpha value is 0.460. The van der Waals surface area contributed by atoms with Gasteiger partial charge in [0.1, 0.15) is 0 Å². The van der Waals surface area contributed by atoms with Crippen molar-refractivity contribution in [2.24, 2.45) is 47.3 Å². The summed E-state index contributed by atoms with van der Waals surface area (Å²) >= 11 is 12.4. The molecule has 0 aromatic rings. The highest BCUT2D eigenvalue weighted by Gasteiger charge is 2.20. The topological polar surface area (TPSA) is 27.7 Å². The molecule has 3 nitrogen and oxygen atoms in total. The Kier molecular flexibility index (Phi) is 25.8. The molecule has 0 rings (SSSR count). The normalized spacial score (nSPS) is 20.8. The quantitative estimate of drug-likeness (QED) is 0.0622. The molecule has 260 valence electrons. The molecule has 5 heteroatoms. The van der Waals surface area contributed by atoms with Crippen LogP contribution in [0.25, 0.3) is 0 Å². The van der Waals surface area contributed by atoms with Gasteiger partial charge in [0, 0.05) is 25.0 Å². The smallest absolute Gasteiger partial charge is 0.160 e. The van der Waals surface area contributed by atoms with Gasteiger partial charge in [0.2, 0.25) is 0 Å². The molecule has 12 atom stereocenters. The van der Waals surface area contributed by atoms with Crippen LogP contribution >= 0.6 is 23.2 Å². The monoisotopic (exact) mass is 651 g/mol. The zero-order valence-electron chi connectivity index (χ0n) is 30.8. The molecule has 0 fully saturated rings. The summed E-state index contributed by atoms with van der Waals surface area (Å²) in [7, 11) is 3.52. The van der Waals surface area contributed by atoms with E-state index in [1.807, 2.05) is 0 Å². The number of rotatable bonds is 28. The Morgan fingerprint density at radius 1 is 0.372 bits per heavy atom. The molecular weight excluding hydrogens is 575 g/mol. The summed E-state index contributed by atoms with van der Waals surface area (Å²) in [5.41, 5.74) is 0. The highest BCUT2D eigenvalue weighted by atomic mass is 35.5. The van der Waals surface area contributed by atoms with Crippen LogP contribution in [0.3, 0.4) is 0 Å². The summed E-state index contributed by atoms with van der Waals surface area (Å²) in [5, 5.41) is 0.566. The second kappa shape index (κ2) is 25.5. The minimum Gasteiger partial charge on any atom is -0.356 e. The summed E-state index contributed by atoms with van der Waals surface area (Å²) in [6, 6.07) is 0. The van der Waals surface area contributed by atoms with Crippen molar-refractivity contribution in [3.05, 3.63) is 0 Å². The molecule has 0 radical (unpaired) electrons. The van der Waals surface area contributed by atoms with Crippen LogP contribution in [-0.4, -0.2) is 37.6 Å². The van der Waals surface area contributed by atoms with E-state index in [1.54, 1.807) is 14.2 Å². The highest BCUT2D eigenvalue weighted by Crippen LogP contribution is 2.30. The van der Waals surface area contributed by atoms with Crippen molar-refractivity contribution in [1.82, 2.24) is 0 Å². The Morgan fingerprint density at radius 3 is 0.884 bits per heavy atom. The molecule has 0 aromatic carbocycles. The summed E-state index contributed by atoms with van der Waals surface area (Å²) in [4.78, 5) is 0. The van der Waals surface area contributed by atoms with Gasteiger partial charge in [0.25, 0.3) is 0 Å². The maximum atomic E-state index is 6.25. The minimum atomic E-state index is -0.191. The van der Waals surface area contributed by atoms with Crippen LogP contribution in [0, 0.1) is 47.3 Å². The first-order valence-electron chi connectivity index (χ1n) is 18.1. The largest absolute Gasteiger partial charge is 0.356 e. The molecule has 0 saturated heterocycles. The van der Waals surface area contributed by atoms with Crippen molar-refractivity contribution < 1.29 is 14.2 Å². The van der Waals surface area contributed by atoms with Crippen molar-refractivity contribution in [3.63, 3.8) is 0 Å². The van der Waals surface area contributed by atoms with E-state index >= 15 is 0 Å². The van der Waals surface area contributed by atoms with Crippen molar-refractivity contribution in [2.45, 2.75) is 182 Å². The zero-order chi connectivity index (χ0) is 32.9. The minimum absolute atomic E-state index is 0.191. The maximum Gasteiger partial charge on any atom is 0.160 e. The molecular formula is C38H76Cl2O3. The van der Waals surface area contributed by atoms with Gasteiger partial charge in [-0.05, 0) is 138 Å². The van der Waals surface area contributed by atoms with Crippen molar-refractivity contribution in [3.8, 4) is 0 Å². The molecule has 0 aliphatic rings. The second-order valence-corrected chi connectivity index (χ2v) is 17.1. The average molecular weight is 652 g/mol. The van der Waals surface area contributed by atoms with Crippen LogP contribution in [0.4, 0.5) is 0 Å². The van der Waals surface area contributed by atoms with Crippen LogP contribution in [0.5, 0.6) is 0 Å². The standard InChI is InChI=1S/C38H76Cl2O3/c1-27(19-29(3)21-31(5)23-33(7)25-35(9)39)15-13-17-37(41-11)43-38(42-12)18-14-16-28(2)20-30(4)22-32(6)24-34(8)26-36(10)40/h27-38H,13-26H2,1-12H3. The van der Waals surface area contributed by atoms with E-state index in [0.717, 1.165) is 74.0 Å². The van der Waals surface area contributed by atoms with Gasteiger partial charge in [-0.3, -0.25) is 0 Å². The predicted octanol–water partition coefficient (Wildman–Crippen LogP) is 12.8. The zero-order valence-corrected chi connectivity index (χ0v) is 32.3.